The van der Waals surface area contributed by atoms with Crippen LogP contribution in [0.25, 0.3) is 0 Å². The third-order valence-electron chi connectivity index (χ3n) is 3.60. The van der Waals surface area contributed by atoms with Gasteiger partial charge < -0.3 is 26.8 Å². The zero-order chi connectivity index (χ0) is 18.5. The number of carboxylic acid groups (broad SMARTS) is 1. The molecule has 0 fully saturated rings. The van der Waals surface area contributed by atoms with E-state index in [9.17, 15) is 4.79 Å². The maximum absolute atomic E-state index is 11.1. The van der Waals surface area contributed by atoms with Gasteiger partial charge in [0.1, 0.15) is 0 Å². The van der Waals surface area contributed by atoms with Gasteiger partial charge in [0.2, 0.25) is 0 Å². The predicted octanol–water partition coefficient (Wildman–Crippen LogP) is 2.44. The fraction of sp³-hybridized carbons (Fsp3) is 0.611. The van der Waals surface area contributed by atoms with Crippen molar-refractivity contribution in [3.05, 3.63) is 23.3 Å². The average Bonchev–Trinajstić information content (AvgIpc) is 2.51. The number of carboxylic acids is 1. The highest BCUT2D eigenvalue weighted by molar-refractivity contribution is 5.95. The van der Waals surface area contributed by atoms with E-state index in [0.717, 1.165) is 44.5 Å². The third-order valence-corrected chi connectivity index (χ3v) is 3.60. The number of hydrogen-bond acceptors (Lipinski definition) is 5. The number of benzene rings is 1. The molecule has 0 aliphatic heterocycles. The van der Waals surface area contributed by atoms with Gasteiger partial charge in [0, 0.05) is 5.69 Å². The van der Waals surface area contributed by atoms with Gasteiger partial charge in [-0.3, -0.25) is 0 Å². The number of rotatable bonds is 9. The van der Waals surface area contributed by atoms with Crippen molar-refractivity contribution < 1.29 is 9.90 Å². The summed E-state index contributed by atoms with van der Waals surface area (Å²) in [5.74, 6) is -1.01. The van der Waals surface area contributed by atoms with Crippen molar-refractivity contribution in [1.82, 2.24) is 10.2 Å². The Morgan fingerprint density at radius 3 is 2.12 bits per heavy atom. The maximum atomic E-state index is 11.1. The second-order valence-electron chi connectivity index (χ2n) is 5.84. The summed E-state index contributed by atoms with van der Waals surface area (Å²) in [6.07, 6.45) is 3.91. The van der Waals surface area contributed by atoms with Crippen LogP contribution in [-0.2, 0) is 6.42 Å². The molecule has 24 heavy (non-hydrogen) atoms. The van der Waals surface area contributed by atoms with Crippen LogP contribution in [0.4, 0.5) is 11.4 Å². The molecule has 0 radical (unpaired) electrons. The van der Waals surface area contributed by atoms with Gasteiger partial charge in [-0.25, -0.2) is 4.79 Å². The molecule has 0 bridgehead atoms. The highest BCUT2D eigenvalue weighted by Gasteiger charge is 2.14. The van der Waals surface area contributed by atoms with E-state index in [-0.39, 0.29) is 5.56 Å². The van der Waals surface area contributed by atoms with Crippen LogP contribution in [0.15, 0.2) is 12.1 Å². The van der Waals surface area contributed by atoms with Gasteiger partial charge >= 0.3 is 5.97 Å². The molecule has 0 unspecified atom stereocenters. The lowest BCUT2D eigenvalue weighted by Crippen LogP contribution is -2.27. The van der Waals surface area contributed by atoms with Crippen molar-refractivity contribution >= 4 is 17.3 Å². The summed E-state index contributed by atoms with van der Waals surface area (Å²) in [4.78, 5) is 13.5. The molecule has 6 nitrogen and oxygen atoms in total. The number of aromatic carboxylic acids is 1. The van der Waals surface area contributed by atoms with Crippen LogP contribution in [0, 0.1) is 0 Å². The summed E-state index contributed by atoms with van der Waals surface area (Å²) in [5.41, 5.74) is 13.7. The fourth-order valence-electron chi connectivity index (χ4n) is 2.59. The highest BCUT2D eigenvalue weighted by Crippen LogP contribution is 2.25. The summed E-state index contributed by atoms with van der Waals surface area (Å²) in [7, 11) is 3.75. The van der Waals surface area contributed by atoms with E-state index < -0.39 is 5.97 Å². The molecule has 138 valence electrons. The van der Waals surface area contributed by atoms with Crippen LogP contribution >= 0.6 is 0 Å². The topological polar surface area (TPSA) is 105 Å². The normalized spacial score (nSPS) is 10.4. The smallest absolute Gasteiger partial charge is 0.337 e. The Morgan fingerprint density at radius 1 is 1.12 bits per heavy atom. The van der Waals surface area contributed by atoms with Crippen molar-refractivity contribution in [2.75, 3.05) is 45.2 Å². The van der Waals surface area contributed by atoms with Gasteiger partial charge in [0.05, 0.1) is 11.3 Å². The van der Waals surface area contributed by atoms with Gasteiger partial charge in [-0.15, -0.1) is 0 Å². The molecule has 0 amide bonds. The Kier molecular flexibility index (Phi) is 11.7. The Bertz CT molecular complexity index is 486. The Labute approximate surface area is 146 Å². The fourth-order valence-corrected chi connectivity index (χ4v) is 2.59. The zero-order valence-corrected chi connectivity index (χ0v) is 15.6. The van der Waals surface area contributed by atoms with Crippen LogP contribution in [0.3, 0.4) is 0 Å². The molecule has 0 spiro atoms. The van der Waals surface area contributed by atoms with Crippen LogP contribution in [0.5, 0.6) is 0 Å². The van der Waals surface area contributed by atoms with E-state index in [2.05, 4.69) is 24.1 Å². The first-order valence-corrected chi connectivity index (χ1v) is 8.63. The number of nitrogen functional groups attached to an aromatic ring is 2. The van der Waals surface area contributed by atoms with Gasteiger partial charge in [-0.1, -0.05) is 13.8 Å². The summed E-state index contributed by atoms with van der Waals surface area (Å²) in [5, 5.41) is 11.9. The number of nitrogens with zero attached hydrogens (tertiary/aromatic N) is 1. The van der Waals surface area contributed by atoms with Crippen LogP contribution < -0.4 is 16.8 Å². The first-order chi connectivity index (χ1) is 11.4. The lowest BCUT2D eigenvalue weighted by Gasteiger charge is -2.21. The Morgan fingerprint density at radius 2 is 1.67 bits per heavy atom. The molecule has 0 atom stereocenters. The van der Waals surface area contributed by atoms with Gasteiger partial charge in [-0.05, 0) is 77.1 Å². The summed E-state index contributed by atoms with van der Waals surface area (Å²) >= 11 is 0. The molecule has 0 aliphatic carbocycles. The zero-order valence-electron chi connectivity index (χ0n) is 15.6. The molecular formula is C18H34N4O2. The van der Waals surface area contributed by atoms with Crippen LogP contribution in [0.2, 0.25) is 0 Å². The maximum Gasteiger partial charge on any atom is 0.337 e. The number of nitrogens with one attached hydrogen (secondary N) is 1. The monoisotopic (exact) mass is 338 g/mol. The number of carbonyl (C=O) groups is 1. The van der Waals surface area contributed by atoms with E-state index in [4.69, 9.17) is 16.6 Å². The molecule has 6 N–H and O–H groups in total. The van der Waals surface area contributed by atoms with E-state index in [1.54, 1.807) is 6.07 Å². The third kappa shape index (κ3) is 7.66. The van der Waals surface area contributed by atoms with Crippen molar-refractivity contribution in [2.45, 2.75) is 39.5 Å². The molecule has 1 rings (SSSR count). The minimum atomic E-state index is -1.01. The quantitative estimate of drug-likeness (QED) is 0.516. The molecule has 1 aromatic carbocycles. The van der Waals surface area contributed by atoms with E-state index in [1.807, 2.05) is 14.1 Å². The molecule has 0 aliphatic rings. The number of anilines is 2. The molecular weight excluding hydrogens is 304 g/mol. The van der Waals surface area contributed by atoms with Gasteiger partial charge in [0.25, 0.3) is 0 Å². The summed E-state index contributed by atoms with van der Waals surface area (Å²) in [6.45, 7) is 7.52. The van der Waals surface area contributed by atoms with Crippen LogP contribution in [0.1, 0.15) is 49.0 Å². The molecule has 0 saturated heterocycles. The molecule has 0 aromatic heterocycles. The van der Waals surface area contributed by atoms with E-state index in [1.165, 1.54) is 6.07 Å². The first-order valence-electron chi connectivity index (χ1n) is 8.63. The SMILES string of the molecule is CCCN(CCC)CCCc1c(N)ccc(C(=O)O)c1N.CNC. The predicted molar refractivity (Wildman–Crippen MR) is 103 cm³/mol. The highest BCUT2D eigenvalue weighted by atomic mass is 16.4. The second kappa shape index (κ2) is 12.6. The largest absolute Gasteiger partial charge is 0.478 e. The first kappa shape index (κ1) is 22.2. The van der Waals surface area contributed by atoms with Crippen molar-refractivity contribution in [1.29, 1.82) is 0 Å². The van der Waals surface area contributed by atoms with Crippen molar-refractivity contribution in [2.24, 2.45) is 0 Å². The molecule has 0 heterocycles. The van der Waals surface area contributed by atoms with Crippen LogP contribution in [-0.4, -0.2) is 49.7 Å². The molecule has 6 heteroatoms. The molecule has 0 saturated carbocycles. The van der Waals surface area contributed by atoms with Crippen molar-refractivity contribution in [3.8, 4) is 0 Å². The Balaban J connectivity index is 0.00000163. The standard InChI is InChI=1S/C16H27N3O2.C2H7N/c1-3-9-19(10-4-2)11-5-6-12-14(17)8-7-13(15(12)18)16(20)21;1-3-2/h7-8H,3-6,9-11,17-18H2,1-2H3,(H,20,21);3H,1-2H3. The average molecular weight is 338 g/mol. The lowest BCUT2D eigenvalue weighted by atomic mass is 10.0. The van der Waals surface area contributed by atoms with E-state index >= 15 is 0 Å². The molecule has 1 aromatic rings. The van der Waals surface area contributed by atoms with Crippen molar-refractivity contribution in [3.63, 3.8) is 0 Å². The minimum Gasteiger partial charge on any atom is -0.478 e. The lowest BCUT2D eigenvalue weighted by molar-refractivity contribution is 0.0698. The summed E-state index contributed by atoms with van der Waals surface area (Å²) in [6, 6.07) is 3.10. The second-order valence-corrected chi connectivity index (χ2v) is 5.84. The number of hydrogen-bond donors (Lipinski definition) is 4. The minimum absolute atomic E-state index is 0.137. The number of nitrogens with two attached hydrogens (primary N) is 2. The Hall–Kier alpha value is -1.79. The van der Waals surface area contributed by atoms with Gasteiger partial charge in [-0.2, -0.15) is 0 Å². The summed E-state index contributed by atoms with van der Waals surface area (Å²) < 4.78 is 0. The van der Waals surface area contributed by atoms with E-state index in [0.29, 0.717) is 17.8 Å². The van der Waals surface area contributed by atoms with Gasteiger partial charge in [0.15, 0.2) is 0 Å².